The van der Waals surface area contributed by atoms with E-state index in [-0.39, 0.29) is 6.61 Å². The van der Waals surface area contributed by atoms with Gasteiger partial charge in [-0.05, 0) is 30.5 Å². The van der Waals surface area contributed by atoms with Crippen LogP contribution in [0.5, 0.6) is 0 Å². The van der Waals surface area contributed by atoms with Crippen LogP contribution in [0.2, 0.25) is 0 Å². The highest BCUT2D eigenvalue weighted by Gasteiger charge is 2.23. The van der Waals surface area contributed by atoms with Crippen LogP contribution in [0.1, 0.15) is 18.9 Å². The van der Waals surface area contributed by atoms with Crippen molar-refractivity contribution in [3.05, 3.63) is 30.1 Å². The van der Waals surface area contributed by atoms with Gasteiger partial charge in [0.15, 0.2) is 0 Å². The summed E-state index contributed by atoms with van der Waals surface area (Å²) in [7, 11) is 0. The minimum absolute atomic E-state index is 0.254. The number of nitrogens with zero attached hydrogens (tertiary/aromatic N) is 2. The number of rotatable bonds is 4. The van der Waals surface area contributed by atoms with Crippen molar-refractivity contribution in [2.75, 3.05) is 26.2 Å². The first-order valence-electron chi connectivity index (χ1n) is 6.74. The molecular weight excluding hydrogens is 226 g/mol. The van der Waals surface area contributed by atoms with E-state index in [0.29, 0.717) is 12.0 Å². The third-order valence-corrected chi connectivity index (χ3v) is 3.51. The van der Waals surface area contributed by atoms with E-state index in [2.05, 4.69) is 28.2 Å². The van der Waals surface area contributed by atoms with E-state index in [1.165, 1.54) is 5.56 Å². The highest BCUT2D eigenvalue weighted by Crippen LogP contribution is 2.15. The molecule has 0 amide bonds. The Kier molecular flexibility index (Phi) is 5.11. The molecule has 2 atom stereocenters. The second-order valence-corrected chi connectivity index (χ2v) is 5.22. The lowest BCUT2D eigenvalue weighted by atomic mass is 10.1. The van der Waals surface area contributed by atoms with Gasteiger partial charge in [-0.25, -0.2) is 0 Å². The molecule has 1 fully saturated rings. The molecule has 0 spiro atoms. The fourth-order valence-corrected chi connectivity index (χ4v) is 2.59. The molecule has 1 aliphatic heterocycles. The Labute approximate surface area is 109 Å². The van der Waals surface area contributed by atoms with E-state index in [0.717, 1.165) is 32.6 Å². The first-order chi connectivity index (χ1) is 8.79. The molecule has 0 aliphatic carbocycles. The molecule has 2 unspecified atom stereocenters. The van der Waals surface area contributed by atoms with Gasteiger partial charge in [-0.15, -0.1) is 0 Å². The summed E-state index contributed by atoms with van der Waals surface area (Å²) in [6.07, 6.45) is 4.57. The standard InChI is InChI=1S/C14H23N3O/c1-12-7-16-9-14(4-6-18)17(10-12)11-13-3-2-5-15-8-13/h2-3,5,8,12,14,16,18H,4,6-7,9-11H2,1H3. The van der Waals surface area contributed by atoms with Crippen LogP contribution in [-0.2, 0) is 6.54 Å². The first kappa shape index (κ1) is 13.5. The summed E-state index contributed by atoms with van der Waals surface area (Å²) in [6.45, 7) is 6.54. The summed E-state index contributed by atoms with van der Waals surface area (Å²) in [5, 5.41) is 12.7. The quantitative estimate of drug-likeness (QED) is 0.831. The average Bonchev–Trinajstić information content (AvgIpc) is 2.54. The van der Waals surface area contributed by atoms with E-state index in [4.69, 9.17) is 0 Å². The number of hydrogen-bond acceptors (Lipinski definition) is 4. The predicted molar refractivity (Wildman–Crippen MR) is 72.2 cm³/mol. The maximum Gasteiger partial charge on any atom is 0.0446 e. The molecule has 2 heterocycles. The molecule has 1 aromatic heterocycles. The van der Waals surface area contributed by atoms with Gasteiger partial charge in [0, 0.05) is 44.7 Å². The number of nitrogens with one attached hydrogen (secondary N) is 1. The number of aromatic nitrogens is 1. The van der Waals surface area contributed by atoms with Crippen LogP contribution in [0, 0.1) is 5.92 Å². The summed E-state index contributed by atoms with van der Waals surface area (Å²) < 4.78 is 0. The molecule has 2 rings (SSSR count). The number of aliphatic hydroxyl groups is 1. The van der Waals surface area contributed by atoms with Crippen LogP contribution >= 0.6 is 0 Å². The molecule has 2 N–H and O–H groups in total. The Hall–Kier alpha value is -0.970. The third kappa shape index (κ3) is 3.77. The second kappa shape index (κ2) is 6.83. The van der Waals surface area contributed by atoms with Crippen molar-refractivity contribution < 1.29 is 5.11 Å². The van der Waals surface area contributed by atoms with E-state index in [9.17, 15) is 5.11 Å². The van der Waals surface area contributed by atoms with Crippen LogP contribution in [0.15, 0.2) is 24.5 Å². The maximum atomic E-state index is 9.19. The normalized spacial score (nSPS) is 25.9. The zero-order valence-corrected chi connectivity index (χ0v) is 11.0. The molecule has 1 saturated heterocycles. The Morgan fingerprint density at radius 1 is 1.50 bits per heavy atom. The molecule has 0 aromatic carbocycles. The predicted octanol–water partition coefficient (Wildman–Crippen LogP) is 0.874. The smallest absolute Gasteiger partial charge is 0.0446 e. The van der Waals surface area contributed by atoms with E-state index < -0.39 is 0 Å². The van der Waals surface area contributed by atoms with Gasteiger partial charge in [-0.1, -0.05) is 13.0 Å². The molecule has 0 saturated carbocycles. The lowest BCUT2D eigenvalue weighted by Gasteiger charge is -2.30. The molecule has 0 bridgehead atoms. The van der Waals surface area contributed by atoms with Crippen molar-refractivity contribution in [2.45, 2.75) is 25.9 Å². The van der Waals surface area contributed by atoms with Gasteiger partial charge in [0.05, 0.1) is 0 Å². The van der Waals surface area contributed by atoms with Crippen molar-refractivity contribution in [3.8, 4) is 0 Å². The SMILES string of the molecule is CC1CNCC(CCO)N(Cc2cccnc2)C1. The van der Waals surface area contributed by atoms with Crippen molar-refractivity contribution in [1.29, 1.82) is 0 Å². The summed E-state index contributed by atoms with van der Waals surface area (Å²) in [6, 6.07) is 4.52. The molecule has 18 heavy (non-hydrogen) atoms. The average molecular weight is 249 g/mol. The Morgan fingerprint density at radius 2 is 2.39 bits per heavy atom. The van der Waals surface area contributed by atoms with Crippen molar-refractivity contribution in [3.63, 3.8) is 0 Å². The zero-order valence-electron chi connectivity index (χ0n) is 11.0. The van der Waals surface area contributed by atoms with Crippen molar-refractivity contribution in [1.82, 2.24) is 15.2 Å². The number of aliphatic hydroxyl groups excluding tert-OH is 1. The minimum atomic E-state index is 0.254. The van der Waals surface area contributed by atoms with Crippen LogP contribution in [0.4, 0.5) is 0 Å². The molecule has 4 heteroatoms. The van der Waals surface area contributed by atoms with Gasteiger partial charge in [-0.2, -0.15) is 0 Å². The van der Waals surface area contributed by atoms with Crippen molar-refractivity contribution in [2.24, 2.45) is 5.92 Å². The van der Waals surface area contributed by atoms with Crippen LogP contribution in [0.3, 0.4) is 0 Å². The summed E-state index contributed by atoms with van der Waals surface area (Å²) in [4.78, 5) is 6.64. The molecule has 0 radical (unpaired) electrons. The lowest BCUT2D eigenvalue weighted by Crippen LogP contribution is -2.40. The van der Waals surface area contributed by atoms with E-state index in [1.807, 2.05) is 12.3 Å². The topological polar surface area (TPSA) is 48.4 Å². The van der Waals surface area contributed by atoms with Gasteiger partial charge < -0.3 is 10.4 Å². The monoisotopic (exact) mass is 249 g/mol. The zero-order chi connectivity index (χ0) is 12.8. The molecule has 1 aromatic rings. The summed E-state index contributed by atoms with van der Waals surface area (Å²) >= 11 is 0. The highest BCUT2D eigenvalue weighted by atomic mass is 16.3. The van der Waals surface area contributed by atoms with E-state index in [1.54, 1.807) is 6.20 Å². The van der Waals surface area contributed by atoms with Gasteiger partial charge in [0.2, 0.25) is 0 Å². The van der Waals surface area contributed by atoms with Gasteiger partial charge in [-0.3, -0.25) is 9.88 Å². The largest absolute Gasteiger partial charge is 0.396 e. The van der Waals surface area contributed by atoms with Crippen LogP contribution < -0.4 is 5.32 Å². The fraction of sp³-hybridized carbons (Fsp3) is 0.643. The molecule has 100 valence electrons. The lowest BCUT2D eigenvalue weighted by molar-refractivity contribution is 0.148. The Morgan fingerprint density at radius 3 is 3.11 bits per heavy atom. The first-order valence-corrected chi connectivity index (χ1v) is 6.74. The van der Waals surface area contributed by atoms with Gasteiger partial charge in [0.25, 0.3) is 0 Å². The third-order valence-electron chi connectivity index (χ3n) is 3.51. The molecule has 4 nitrogen and oxygen atoms in total. The molecular formula is C14H23N3O. The molecule has 1 aliphatic rings. The number of pyridine rings is 1. The number of hydrogen-bond donors (Lipinski definition) is 2. The van der Waals surface area contributed by atoms with Gasteiger partial charge in [0.1, 0.15) is 0 Å². The second-order valence-electron chi connectivity index (χ2n) is 5.22. The van der Waals surface area contributed by atoms with Crippen LogP contribution in [-0.4, -0.2) is 47.3 Å². The fourth-order valence-electron chi connectivity index (χ4n) is 2.59. The van der Waals surface area contributed by atoms with E-state index >= 15 is 0 Å². The maximum absolute atomic E-state index is 9.19. The van der Waals surface area contributed by atoms with Crippen LogP contribution in [0.25, 0.3) is 0 Å². The summed E-state index contributed by atoms with van der Waals surface area (Å²) in [5.41, 5.74) is 1.24. The van der Waals surface area contributed by atoms with Gasteiger partial charge >= 0.3 is 0 Å². The Bertz CT molecular complexity index is 344. The van der Waals surface area contributed by atoms with Crippen molar-refractivity contribution >= 4 is 0 Å². The summed E-state index contributed by atoms with van der Waals surface area (Å²) in [5.74, 6) is 0.644. The highest BCUT2D eigenvalue weighted by molar-refractivity contribution is 5.08. The Balaban J connectivity index is 2.04. The minimum Gasteiger partial charge on any atom is -0.396 e.